The second-order valence-corrected chi connectivity index (χ2v) is 3.75. The molecule has 0 saturated heterocycles. The molecule has 2 rings (SSSR count). The molecule has 0 unspecified atom stereocenters. The molecule has 0 bridgehead atoms. The smallest absolute Gasteiger partial charge is 0.325 e. The van der Waals surface area contributed by atoms with E-state index in [0.29, 0.717) is 13.1 Å². The molecule has 2 aromatic heterocycles. The number of amides is 1. The summed E-state index contributed by atoms with van der Waals surface area (Å²) in [6.45, 7) is 0.686. The van der Waals surface area contributed by atoms with Gasteiger partial charge in [-0.25, -0.2) is 9.67 Å². The molecule has 0 aliphatic heterocycles. The first-order valence-electron chi connectivity index (χ1n) is 5.51. The highest BCUT2D eigenvalue weighted by Crippen LogP contribution is 1.93. The van der Waals surface area contributed by atoms with Crippen LogP contribution in [-0.4, -0.2) is 48.1 Å². The molecule has 19 heavy (non-hydrogen) atoms. The van der Waals surface area contributed by atoms with E-state index >= 15 is 0 Å². The molecule has 0 radical (unpaired) electrons. The summed E-state index contributed by atoms with van der Waals surface area (Å²) in [5.41, 5.74) is 0.0897. The minimum absolute atomic E-state index is 0.0897. The molecule has 2 N–H and O–H groups in total. The molecule has 2 aromatic rings. The van der Waals surface area contributed by atoms with E-state index in [9.17, 15) is 9.59 Å². The Labute approximate surface area is 107 Å². The summed E-state index contributed by atoms with van der Waals surface area (Å²) in [6, 6.07) is 0. The first-order valence-corrected chi connectivity index (χ1v) is 5.51. The summed E-state index contributed by atoms with van der Waals surface area (Å²) in [4.78, 5) is 26.0. The Morgan fingerprint density at radius 3 is 2.95 bits per heavy atom. The van der Waals surface area contributed by atoms with Crippen LogP contribution in [0.15, 0.2) is 24.9 Å². The van der Waals surface area contributed by atoms with Gasteiger partial charge in [0.1, 0.15) is 6.54 Å². The van der Waals surface area contributed by atoms with Crippen LogP contribution < -0.4 is 5.32 Å². The SMILES string of the molecule is O=C(O)Cn1cc(C(=O)NCCn2ccnc2)nn1. The molecule has 0 aromatic carbocycles. The van der Waals surface area contributed by atoms with E-state index in [1.54, 1.807) is 18.7 Å². The quantitative estimate of drug-likeness (QED) is 0.690. The zero-order valence-corrected chi connectivity index (χ0v) is 9.93. The number of imidazole rings is 1. The van der Waals surface area contributed by atoms with Crippen molar-refractivity contribution in [3.05, 3.63) is 30.6 Å². The zero-order valence-electron chi connectivity index (χ0n) is 9.93. The van der Waals surface area contributed by atoms with Crippen LogP contribution in [0.4, 0.5) is 0 Å². The molecule has 0 saturated carbocycles. The largest absolute Gasteiger partial charge is 0.480 e. The van der Waals surface area contributed by atoms with Gasteiger partial charge in [0.2, 0.25) is 0 Å². The Hall–Kier alpha value is -2.71. The molecule has 0 fully saturated rings. The van der Waals surface area contributed by atoms with Crippen molar-refractivity contribution in [1.29, 1.82) is 0 Å². The highest BCUT2D eigenvalue weighted by Gasteiger charge is 2.11. The molecular weight excluding hydrogens is 252 g/mol. The molecule has 0 atom stereocenters. The number of carbonyl (C=O) groups excluding carboxylic acids is 1. The standard InChI is InChI=1S/C10H12N6O3/c17-9(18)6-16-5-8(13-14-16)10(19)12-2-4-15-3-1-11-7-15/h1,3,5,7H,2,4,6H2,(H,12,19)(H,17,18). The lowest BCUT2D eigenvalue weighted by Gasteiger charge is -2.03. The summed E-state index contributed by atoms with van der Waals surface area (Å²) in [5, 5.41) is 18.4. The third-order valence-corrected chi connectivity index (χ3v) is 2.28. The van der Waals surface area contributed by atoms with Crippen LogP contribution in [0.1, 0.15) is 10.5 Å². The first-order chi connectivity index (χ1) is 9.15. The fraction of sp³-hybridized carbons (Fsp3) is 0.300. The lowest BCUT2D eigenvalue weighted by Crippen LogP contribution is -2.27. The van der Waals surface area contributed by atoms with E-state index in [4.69, 9.17) is 5.11 Å². The lowest BCUT2D eigenvalue weighted by molar-refractivity contribution is -0.137. The Bertz CT molecular complexity index is 562. The maximum Gasteiger partial charge on any atom is 0.325 e. The number of aliphatic carboxylic acids is 1. The summed E-state index contributed by atoms with van der Waals surface area (Å²) >= 11 is 0. The summed E-state index contributed by atoms with van der Waals surface area (Å²) in [7, 11) is 0. The topological polar surface area (TPSA) is 115 Å². The van der Waals surface area contributed by atoms with Crippen molar-refractivity contribution in [2.45, 2.75) is 13.1 Å². The van der Waals surface area contributed by atoms with Crippen LogP contribution in [0.2, 0.25) is 0 Å². The van der Waals surface area contributed by atoms with Crippen LogP contribution in [0, 0.1) is 0 Å². The van der Waals surface area contributed by atoms with Crippen molar-refractivity contribution in [2.24, 2.45) is 0 Å². The third kappa shape index (κ3) is 3.63. The number of aromatic nitrogens is 5. The Morgan fingerprint density at radius 1 is 1.42 bits per heavy atom. The van der Waals surface area contributed by atoms with Gasteiger partial charge in [0.25, 0.3) is 5.91 Å². The van der Waals surface area contributed by atoms with Gasteiger partial charge in [-0.3, -0.25) is 9.59 Å². The summed E-state index contributed by atoms with van der Waals surface area (Å²) < 4.78 is 2.91. The minimum atomic E-state index is -1.04. The van der Waals surface area contributed by atoms with Gasteiger partial charge in [0.15, 0.2) is 5.69 Å². The van der Waals surface area contributed by atoms with Gasteiger partial charge in [0.05, 0.1) is 12.5 Å². The first kappa shape index (κ1) is 12.7. The second-order valence-electron chi connectivity index (χ2n) is 3.75. The van der Waals surface area contributed by atoms with Crippen LogP contribution in [0.25, 0.3) is 0 Å². The van der Waals surface area contributed by atoms with Gasteiger partial charge in [-0.1, -0.05) is 5.21 Å². The van der Waals surface area contributed by atoms with Gasteiger partial charge in [-0.2, -0.15) is 0 Å². The molecule has 100 valence electrons. The minimum Gasteiger partial charge on any atom is -0.480 e. The van der Waals surface area contributed by atoms with E-state index in [1.165, 1.54) is 6.20 Å². The predicted octanol–water partition coefficient (Wildman–Crippen LogP) is -1.01. The predicted molar refractivity (Wildman–Crippen MR) is 62.2 cm³/mol. The highest BCUT2D eigenvalue weighted by atomic mass is 16.4. The van der Waals surface area contributed by atoms with Gasteiger partial charge in [-0.15, -0.1) is 5.10 Å². The molecular formula is C10H12N6O3. The number of hydrogen-bond donors (Lipinski definition) is 2. The number of nitrogens with zero attached hydrogens (tertiary/aromatic N) is 5. The number of carboxylic acids is 1. The average molecular weight is 264 g/mol. The molecule has 1 amide bonds. The monoisotopic (exact) mass is 264 g/mol. The highest BCUT2D eigenvalue weighted by molar-refractivity contribution is 5.91. The third-order valence-electron chi connectivity index (χ3n) is 2.28. The van der Waals surface area contributed by atoms with Crippen molar-refractivity contribution in [3.63, 3.8) is 0 Å². The normalized spacial score (nSPS) is 10.3. The van der Waals surface area contributed by atoms with Crippen LogP contribution in [-0.2, 0) is 17.9 Å². The van der Waals surface area contributed by atoms with Crippen molar-refractivity contribution < 1.29 is 14.7 Å². The Balaban J connectivity index is 1.82. The van der Waals surface area contributed by atoms with Gasteiger partial charge in [-0.05, 0) is 0 Å². The molecule has 0 spiro atoms. The van der Waals surface area contributed by atoms with E-state index < -0.39 is 11.9 Å². The molecule has 0 aliphatic rings. The van der Waals surface area contributed by atoms with Crippen LogP contribution in [0.5, 0.6) is 0 Å². The van der Waals surface area contributed by atoms with E-state index in [2.05, 4.69) is 20.6 Å². The summed E-state index contributed by atoms with van der Waals surface area (Å²) in [5.74, 6) is -1.44. The molecule has 9 nitrogen and oxygen atoms in total. The van der Waals surface area contributed by atoms with Crippen molar-refractivity contribution in [3.8, 4) is 0 Å². The van der Waals surface area contributed by atoms with E-state index in [-0.39, 0.29) is 12.2 Å². The number of hydrogen-bond acceptors (Lipinski definition) is 5. The number of rotatable bonds is 6. The van der Waals surface area contributed by atoms with E-state index in [0.717, 1.165) is 4.68 Å². The summed E-state index contributed by atoms with van der Waals surface area (Å²) in [6.07, 6.45) is 6.38. The second kappa shape index (κ2) is 5.76. The number of nitrogens with one attached hydrogen (secondary N) is 1. The lowest BCUT2D eigenvalue weighted by atomic mass is 10.4. The molecule has 0 aliphatic carbocycles. The number of carbonyl (C=O) groups is 2. The molecule has 9 heteroatoms. The van der Waals surface area contributed by atoms with Crippen molar-refractivity contribution >= 4 is 11.9 Å². The van der Waals surface area contributed by atoms with Crippen LogP contribution >= 0.6 is 0 Å². The maximum absolute atomic E-state index is 11.7. The van der Waals surface area contributed by atoms with Crippen molar-refractivity contribution in [1.82, 2.24) is 29.9 Å². The average Bonchev–Trinajstić information content (AvgIpc) is 2.99. The van der Waals surface area contributed by atoms with E-state index in [1.807, 2.05) is 4.57 Å². The molecule has 2 heterocycles. The zero-order chi connectivity index (χ0) is 13.7. The fourth-order valence-electron chi connectivity index (χ4n) is 1.43. The Morgan fingerprint density at radius 2 is 2.26 bits per heavy atom. The maximum atomic E-state index is 11.7. The van der Waals surface area contributed by atoms with Gasteiger partial charge < -0.3 is 15.0 Å². The van der Waals surface area contributed by atoms with Crippen molar-refractivity contribution in [2.75, 3.05) is 6.54 Å². The van der Waals surface area contributed by atoms with Gasteiger partial charge >= 0.3 is 5.97 Å². The van der Waals surface area contributed by atoms with Crippen LogP contribution in [0.3, 0.4) is 0 Å². The Kier molecular flexibility index (Phi) is 3.86. The van der Waals surface area contributed by atoms with Gasteiger partial charge in [0, 0.05) is 25.5 Å². The fourth-order valence-corrected chi connectivity index (χ4v) is 1.43. The number of carboxylic acid groups (broad SMARTS) is 1.